The molecule has 0 aromatic heterocycles. The number of hydrogen-bond donors (Lipinski definition) is 2. The number of phenols is 1. The number of hydrogen-bond acceptors (Lipinski definition) is 5. The predicted octanol–water partition coefficient (Wildman–Crippen LogP) is 6.75. The molecule has 1 atom stereocenters. The Labute approximate surface area is 242 Å². The SMILES string of the molecule is COc1c(Cc2ccc(O)cc2)cc(N2N=C(C)C(C(=O)Nc3cccc(C(C)(F)F)c3)C2=O)cc1-c1ccccc1. The van der Waals surface area contributed by atoms with Gasteiger partial charge in [0, 0.05) is 35.7 Å². The zero-order valence-electron chi connectivity index (χ0n) is 23.3. The molecule has 4 aromatic carbocycles. The van der Waals surface area contributed by atoms with Gasteiger partial charge in [-0.15, -0.1) is 0 Å². The van der Waals surface area contributed by atoms with Crippen molar-refractivity contribution < 1.29 is 28.2 Å². The summed E-state index contributed by atoms with van der Waals surface area (Å²) in [5.41, 5.74) is 3.88. The molecular weight excluding hydrogens is 540 g/mol. The van der Waals surface area contributed by atoms with Crippen LogP contribution in [0.3, 0.4) is 0 Å². The fourth-order valence-electron chi connectivity index (χ4n) is 4.97. The molecule has 4 aromatic rings. The van der Waals surface area contributed by atoms with Crippen LogP contribution in [-0.2, 0) is 21.9 Å². The van der Waals surface area contributed by atoms with Crippen LogP contribution >= 0.6 is 0 Å². The number of anilines is 2. The van der Waals surface area contributed by atoms with Crippen LogP contribution in [-0.4, -0.2) is 29.7 Å². The molecule has 1 unspecified atom stereocenters. The van der Waals surface area contributed by atoms with E-state index in [4.69, 9.17) is 4.74 Å². The largest absolute Gasteiger partial charge is 0.508 e. The average molecular weight is 570 g/mol. The normalized spacial score (nSPS) is 15.0. The van der Waals surface area contributed by atoms with Gasteiger partial charge in [0.2, 0.25) is 5.91 Å². The third kappa shape index (κ3) is 5.85. The summed E-state index contributed by atoms with van der Waals surface area (Å²) >= 11 is 0. The van der Waals surface area contributed by atoms with E-state index in [-0.39, 0.29) is 22.7 Å². The molecule has 7 nitrogen and oxygen atoms in total. The van der Waals surface area contributed by atoms with Gasteiger partial charge in [-0.05, 0) is 54.4 Å². The second kappa shape index (κ2) is 11.4. The van der Waals surface area contributed by atoms with Crippen molar-refractivity contribution in [2.45, 2.75) is 26.2 Å². The first-order valence-electron chi connectivity index (χ1n) is 13.3. The molecule has 2 N–H and O–H groups in total. The van der Waals surface area contributed by atoms with Crippen molar-refractivity contribution >= 4 is 28.9 Å². The molecule has 5 rings (SSSR count). The van der Waals surface area contributed by atoms with Gasteiger partial charge in [-0.2, -0.15) is 10.1 Å². The van der Waals surface area contributed by atoms with E-state index in [9.17, 15) is 23.5 Å². The van der Waals surface area contributed by atoms with Gasteiger partial charge in [-0.3, -0.25) is 9.59 Å². The summed E-state index contributed by atoms with van der Waals surface area (Å²) in [6.07, 6.45) is 0.435. The van der Waals surface area contributed by atoms with E-state index >= 15 is 0 Å². The maximum absolute atomic E-state index is 13.8. The summed E-state index contributed by atoms with van der Waals surface area (Å²) < 4.78 is 33.5. The average Bonchev–Trinajstić information content (AvgIpc) is 3.27. The van der Waals surface area contributed by atoms with E-state index in [2.05, 4.69) is 10.4 Å². The number of nitrogens with one attached hydrogen (secondary N) is 1. The molecule has 9 heteroatoms. The fourth-order valence-corrected chi connectivity index (χ4v) is 4.97. The summed E-state index contributed by atoms with van der Waals surface area (Å²) in [6.45, 7) is 2.36. The van der Waals surface area contributed by atoms with Crippen LogP contribution in [0.4, 0.5) is 20.2 Å². The molecule has 0 saturated carbocycles. The van der Waals surface area contributed by atoms with Gasteiger partial charge < -0.3 is 15.2 Å². The second-order valence-corrected chi connectivity index (χ2v) is 10.2. The first-order chi connectivity index (χ1) is 20.0. The van der Waals surface area contributed by atoms with Gasteiger partial charge in [-0.25, -0.2) is 8.78 Å². The lowest BCUT2D eigenvalue weighted by Crippen LogP contribution is -2.36. The summed E-state index contributed by atoms with van der Waals surface area (Å²) in [7, 11) is 1.58. The maximum atomic E-state index is 13.8. The Morgan fingerprint density at radius 1 is 1.02 bits per heavy atom. The molecule has 0 fully saturated rings. The number of hydrazone groups is 1. The number of ether oxygens (including phenoxy) is 1. The first-order valence-corrected chi connectivity index (χ1v) is 13.3. The fraction of sp³-hybridized carbons (Fsp3) is 0.182. The number of phenolic OH excluding ortho intramolecular Hbond substituents is 1. The second-order valence-electron chi connectivity index (χ2n) is 10.2. The Hall–Kier alpha value is -5.05. The lowest BCUT2D eigenvalue weighted by atomic mass is 9.96. The Morgan fingerprint density at radius 3 is 2.40 bits per heavy atom. The van der Waals surface area contributed by atoms with Crippen LogP contribution < -0.4 is 15.1 Å². The van der Waals surface area contributed by atoms with E-state index < -0.39 is 23.7 Å². The van der Waals surface area contributed by atoms with Crippen LogP contribution in [0.2, 0.25) is 0 Å². The molecular formula is C33H29F2N3O4. The number of nitrogens with zero attached hydrogens (tertiary/aromatic N) is 2. The van der Waals surface area contributed by atoms with Crippen molar-refractivity contribution in [1.82, 2.24) is 0 Å². The van der Waals surface area contributed by atoms with Gasteiger partial charge in [0.15, 0.2) is 5.92 Å². The smallest absolute Gasteiger partial charge is 0.270 e. The molecule has 0 bridgehead atoms. The zero-order chi connectivity index (χ0) is 30.0. The first kappa shape index (κ1) is 28.5. The highest BCUT2D eigenvalue weighted by Crippen LogP contribution is 2.40. The van der Waals surface area contributed by atoms with Crippen molar-refractivity contribution in [3.05, 3.63) is 108 Å². The van der Waals surface area contributed by atoms with Crippen LogP contribution in [0.5, 0.6) is 11.5 Å². The number of benzene rings is 4. The van der Waals surface area contributed by atoms with E-state index in [0.29, 0.717) is 17.9 Å². The summed E-state index contributed by atoms with van der Waals surface area (Å²) in [5, 5.41) is 17.9. The number of carbonyl (C=O) groups is 2. The molecule has 1 aliphatic heterocycles. The van der Waals surface area contributed by atoms with E-state index in [1.165, 1.54) is 29.3 Å². The number of alkyl halides is 2. The molecule has 0 radical (unpaired) electrons. The topological polar surface area (TPSA) is 91.2 Å². The van der Waals surface area contributed by atoms with E-state index in [1.807, 2.05) is 30.3 Å². The Bertz CT molecular complexity index is 1670. The van der Waals surface area contributed by atoms with Crippen molar-refractivity contribution in [3.63, 3.8) is 0 Å². The number of amides is 2. The third-order valence-corrected chi connectivity index (χ3v) is 7.05. The highest BCUT2D eigenvalue weighted by atomic mass is 19.3. The van der Waals surface area contributed by atoms with Gasteiger partial charge >= 0.3 is 0 Å². The van der Waals surface area contributed by atoms with E-state index in [0.717, 1.165) is 29.2 Å². The number of aromatic hydroxyl groups is 1. The van der Waals surface area contributed by atoms with Crippen LogP contribution in [0.15, 0.2) is 96.1 Å². The Kier molecular flexibility index (Phi) is 7.76. The number of carbonyl (C=O) groups excluding carboxylic acids is 2. The monoisotopic (exact) mass is 569 g/mol. The predicted molar refractivity (Wildman–Crippen MR) is 158 cm³/mol. The van der Waals surface area contributed by atoms with Gasteiger partial charge in [0.05, 0.1) is 18.5 Å². The van der Waals surface area contributed by atoms with Crippen molar-refractivity contribution in [2.24, 2.45) is 11.0 Å². The zero-order valence-corrected chi connectivity index (χ0v) is 23.3. The third-order valence-electron chi connectivity index (χ3n) is 7.05. The molecule has 1 heterocycles. The van der Waals surface area contributed by atoms with Crippen LogP contribution in [0.1, 0.15) is 30.5 Å². The van der Waals surface area contributed by atoms with Gasteiger partial charge in [0.1, 0.15) is 11.5 Å². The standard InChI is InChI=1S/C33H29F2N3O4/c1-20-29(31(40)36-25-11-7-10-24(18-25)33(2,34)35)32(41)38(37-20)26-17-23(16-21-12-14-27(39)15-13-21)30(42-3)28(19-26)22-8-5-4-6-9-22/h4-15,17-19,29,39H,16H2,1-3H3,(H,36,40). The molecule has 42 heavy (non-hydrogen) atoms. The van der Waals surface area contributed by atoms with Crippen molar-refractivity contribution in [2.75, 3.05) is 17.4 Å². The minimum atomic E-state index is -3.08. The van der Waals surface area contributed by atoms with Gasteiger partial charge in [0.25, 0.3) is 11.8 Å². The van der Waals surface area contributed by atoms with Crippen LogP contribution in [0, 0.1) is 5.92 Å². The highest BCUT2D eigenvalue weighted by Gasteiger charge is 2.40. The molecule has 2 amide bonds. The molecule has 1 aliphatic rings. The highest BCUT2D eigenvalue weighted by molar-refractivity contribution is 6.28. The number of halogens is 2. The molecule has 0 spiro atoms. The molecule has 214 valence electrons. The summed E-state index contributed by atoms with van der Waals surface area (Å²) in [5.74, 6) is -4.79. The summed E-state index contributed by atoms with van der Waals surface area (Å²) in [6, 6.07) is 25.3. The number of rotatable bonds is 8. The lowest BCUT2D eigenvalue weighted by molar-refractivity contribution is -0.127. The molecule has 0 saturated heterocycles. The lowest BCUT2D eigenvalue weighted by Gasteiger charge is -2.20. The van der Waals surface area contributed by atoms with Crippen molar-refractivity contribution in [1.29, 1.82) is 0 Å². The summed E-state index contributed by atoms with van der Waals surface area (Å²) in [4.78, 5) is 26.9. The van der Waals surface area contributed by atoms with Crippen molar-refractivity contribution in [3.8, 4) is 22.6 Å². The minimum Gasteiger partial charge on any atom is -0.508 e. The minimum absolute atomic E-state index is 0.149. The maximum Gasteiger partial charge on any atom is 0.270 e. The Morgan fingerprint density at radius 2 is 1.74 bits per heavy atom. The number of methoxy groups -OCH3 is 1. The molecule has 0 aliphatic carbocycles. The quantitative estimate of drug-likeness (QED) is 0.230. The van der Waals surface area contributed by atoms with Gasteiger partial charge in [-0.1, -0.05) is 54.6 Å². The van der Waals surface area contributed by atoms with Crippen LogP contribution in [0.25, 0.3) is 11.1 Å². The Balaban J connectivity index is 1.50. The van der Waals surface area contributed by atoms with E-state index in [1.54, 1.807) is 50.4 Å².